The van der Waals surface area contributed by atoms with Gasteiger partial charge in [-0.2, -0.15) is 5.26 Å². The van der Waals surface area contributed by atoms with Crippen molar-refractivity contribution < 1.29 is 9.53 Å². The molecular weight excluding hydrogens is 262 g/mol. The van der Waals surface area contributed by atoms with Gasteiger partial charge in [-0.05, 0) is 31.8 Å². The quantitative estimate of drug-likeness (QED) is 0.247. The summed E-state index contributed by atoms with van der Waals surface area (Å²) in [6, 6.07) is 2.04. The Kier molecular flexibility index (Phi) is 9.12. The predicted octanol–water partition coefficient (Wildman–Crippen LogP) is 4.72. The van der Waals surface area contributed by atoms with E-state index in [1.54, 1.807) is 19.1 Å². The number of carbonyl (C=O) groups excluding carboxylic acids is 1. The predicted molar refractivity (Wildman–Crippen MR) is 86.5 cm³/mol. The number of hydrogen-bond acceptors (Lipinski definition) is 3. The summed E-state index contributed by atoms with van der Waals surface area (Å²) in [6.07, 6.45) is 10.6. The van der Waals surface area contributed by atoms with E-state index < -0.39 is 5.97 Å². The van der Waals surface area contributed by atoms with Crippen LogP contribution in [0, 0.1) is 17.2 Å². The SMILES string of the molecule is C.C=C(/C=C(C(=O)OC)\C(C#N)=C/C)C1CCCCCC1. The van der Waals surface area contributed by atoms with Crippen LogP contribution >= 0.6 is 0 Å². The van der Waals surface area contributed by atoms with Crippen molar-refractivity contribution in [3.8, 4) is 6.07 Å². The molecule has 0 aliphatic heterocycles. The number of allylic oxidation sites excluding steroid dienone is 3. The van der Waals surface area contributed by atoms with Crippen LogP contribution in [0.3, 0.4) is 0 Å². The molecule has 0 aromatic rings. The topological polar surface area (TPSA) is 50.1 Å². The lowest BCUT2D eigenvalue weighted by Gasteiger charge is -2.15. The zero-order valence-corrected chi connectivity index (χ0v) is 12.4. The van der Waals surface area contributed by atoms with Crippen molar-refractivity contribution in [3.05, 3.63) is 35.5 Å². The fraction of sp³-hybridized carbons (Fsp3) is 0.556. The van der Waals surface area contributed by atoms with Crippen molar-refractivity contribution >= 4 is 5.97 Å². The molecule has 1 rings (SSSR count). The van der Waals surface area contributed by atoms with Gasteiger partial charge in [0.15, 0.2) is 0 Å². The monoisotopic (exact) mass is 289 g/mol. The van der Waals surface area contributed by atoms with E-state index in [9.17, 15) is 4.79 Å². The number of rotatable bonds is 4. The summed E-state index contributed by atoms with van der Waals surface area (Å²) in [5.74, 6) is -0.0663. The van der Waals surface area contributed by atoms with Crippen LogP contribution in [0.4, 0.5) is 0 Å². The molecule has 1 fully saturated rings. The maximum atomic E-state index is 11.8. The number of hydrogen-bond donors (Lipinski definition) is 0. The summed E-state index contributed by atoms with van der Waals surface area (Å²) in [5, 5.41) is 9.11. The summed E-state index contributed by atoms with van der Waals surface area (Å²) in [4.78, 5) is 11.8. The van der Waals surface area contributed by atoms with E-state index in [-0.39, 0.29) is 7.43 Å². The van der Waals surface area contributed by atoms with E-state index in [4.69, 9.17) is 10.00 Å². The van der Waals surface area contributed by atoms with E-state index >= 15 is 0 Å². The highest BCUT2D eigenvalue weighted by Crippen LogP contribution is 2.29. The molecule has 3 nitrogen and oxygen atoms in total. The first-order valence-corrected chi connectivity index (χ1v) is 7.19. The summed E-state index contributed by atoms with van der Waals surface area (Å²) in [6.45, 7) is 5.85. The van der Waals surface area contributed by atoms with Crippen LogP contribution in [0.15, 0.2) is 35.5 Å². The third kappa shape index (κ3) is 5.59. The van der Waals surface area contributed by atoms with Crippen LogP contribution in [0.1, 0.15) is 52.9 Å². The largest absolute Gasteiger partial charge is 0.465 e. The minimum absolute atomic E-state index is 0. The van der Waals surface area contributed by atoms with E-state index in [0.29, 0.717) is 17.1 Å². The minimum Gasteiger partial charge on any atom is -0.465 e. The van der Waals surface area contributed by atoms with Crippen LogP contribution in [-0.4, -0.2) is 13.1 Å². The molecule has 0 amide bonds. The Labute approximate surface area is 129 Å². The highest BCUT2D eigenvalue weighted by molar-refractivity contribution is 5.95. The highest BCUT2D eigenvalue weighted by atomic mass is 16.5. The average Bonchev–Trinajstić information content (AvgIpc) is 2.75. The molecule has 0 spiro atoms. The average molecular weight is 289 g/mol. The van der Waals surface area contributed by atoms with Crippen molar-refractivity contribution in [2.24, 2.45) is 5.92 Å². The Balaban J connectivity index is 0.00000400. The van der Waals surface area contributed by atoms with Gasteiger partial charge in [0.25, 0.3) is 0 Å². The number of ether oxygens (including phenoxy) is 1. The zero-order chi connectivity index (χ0) is 15.0. The number of esters is 1. The molecule has 0 heterocycles. The molecule has 21 heavy (non-hydrogen) atoms. The van der Waals surface area contributed by atoms with Crippen molar-refractivity contribution in [1.82, 2.24) is 0 Å². The van der Waals surface area contributed by atoms with Crippen LogP contribution in [0.25, 0.3) is 0 Å². The standard InChI is InChI=1S/C17H23NO2.CH4/c1-4-14(12-18)16(17(19)20-3)11-13(2)15-9-7-5-6-8-10-15;/h4,11,15H,2,5-10H2,1,3H3;1H4/b14-4-,16-11+;. The minimum atomic E-state index is -0.477. The van der Waals surface area contributed by atoms with Gasteiger partial charge in [0.2, 0.25) is 0 Å². The van der Waals surface area contributed by atoms with Gasteiger partial charge in [-0.25, -0.2) is 4.79 Å². The number of carbonyl (C=O) groups is 1. The van der Waals surface area contributed by atoms with Crippen molar-refractivity contribution in [1.29, 1.82) is 5.26 Å². The smallest absolute Gasteiger partial charge is 0.339 e. The molecule has 0 radical (unpaired) electrons. The van der Waals surface area contributed by atoms with E-state index in [2.05, 4.69) is 6.58 Å². The number of nitriles is 1. The van der Waals surface area contributed by atoms with Crippen LogP contribution in [0.5, 0.6) is 0 Å². The molecule has 1 saturated carbocycles. The third-order valence-corrected chi connectivity index (χ3v) is 3.81. The fourth-order valence-corrected chi connectivity index (χ4v) is 2.59. The Bertz CT molecular complexity index is 458. The highest BCUT2D eigenvalue weighted by Gasteiger charge is 2.19. The molecule has 0 unspecified atom stereocenters. The Hall–Kier alpha value is -1.82. The molecule has 0 N–H and O–H groups in total. The van der Waals surface area contributed by atoms with Crippen LogP contribution in [-0.2, 0) is 9.53 Å². The van der Waals surface area contributed by atoms with E-state index in [0.717, 1.165) is 18.4 Å². The first kappa shape index (κ1) is 19.2. The molecule has 1 aliphatic carbocycles. The van der Waals surface area contributed by atoms with Gasteiger partial charge in [-0.3, -0.25) is 0 Å². The lowest BCUT2D eigenvalue weighted by molar-refractivity contribution is -0.135. The normalized spacial score (nSPS) is 17.2. The van der Waals surface area contributed by atoms with Gasteiger partial charge in [0.1, 0.15) is 0 Å². The van der Waals surface area contributed by atoms with Crippen molar-refractivity contribution in [2.75, 3.05) is 7.11 Å². The lowest BCUT2D eigenvalue weighted by atomic mass is 9.90. The van der Waals surface area contributed by atoms with Crippen LogP contribution in [0.2, 0.25) is 0 Å². The fourth-order valence-electron chi connectivity index (χ4n) is 2.59. The van der Waals surface area contributed by atoms with E-state index in [1.165, 1.54) is 32.8 Å². The van der Waals surface area contributed by atoms with Crippen LogP contribution < -0.4 is 0 Å². The van der Waals surface area contributed by atoms with Gasteiger partial charge in [0, 0.05) is 0 Å². The molecule has 3 heteroatoms. The molecule has 0 atom stereocenters. The van der Waals surface area contributed by atoms with Crippen molar-refractivity contribution in [3.63, 3.8) is 0 Å². The molecule has 116 valence electrons. The second-order valence-electron chi connectivity index (χ2n) is 5.13. The Morgan fingerprint density at radius 2 is 1.86 bits per heavy atom. The lowest BCUT2D eigenvalue weighted by Crippen LogP contribution is -2.09. The van der Waals surface area contributed by atoms with Gasteiger partial charge in [-0.1, -0.05) is 51.3 Å². The molecule has 1 aliphatic rings. The van der Waals surface area contributed by atoms with E-state index in [1.807, 2.05) is 6.07 Å². The zero-order valence-electron chi connectivity index (χ0n) is 12.4. The molecule has 0 bridgehead atoms. The maximum Gasteiger partial charge on any atom is 0.339 e. The summed E-state index contributed by atoms with van der Waals surface area (Å²) >= 11 is 0. The Morgan fingerprint density at radius 1 is 1.29 bits per heavy atom. The second-order valence-corrected chi connectivity index (χ2v) is 5.13. The number of methoxy groups -OCH3 is 1. The summed E-state index contributed by atoms with van der Waals surface area (Å²) < 4.78 is 4.77. The second kappa shape index (κ2) is 9.99. The molecule has 0 aromatic heterocycles. The number of nitrogens with zero attached hydrogens (tertiary/aromatic N) is 1. The summed E-state index contributed by atoms with van der Waals surface area (Å²) in [5.41, 5.74) is 1.58. The summed E-state index contributed by atoms with van der Waals surface area (Å²) in [7, 11) is 1.33. The molecular formula is C18H27NO2. The molecule has 0 aromatic carbocycles. The van der Waals surface area contributed by atoms with Gasteiger partial charge in [0.05, 0.1) is 24.3 Å². The van der Waals surface area contributed by atoms with Gasteiger partial charge < -0.3 is 4.74 Å². The van der Waals surface area contributed by atoms with Crippen molar-refractivity contribution in [2.45, 2.75) is 52.9 Å². The van der Waals surface area contributed by atoms with Gasteiger partial charge >= 0.3 is 5.97 Å². The first-order valence-electron chi connectivity index (χ1n) is 7.19. The Morgan fingerprint density at radius 3 is 2.29 bits per heavy atom. The molecule has 0 saturated heterocycles. The maximum absolute atomic E-state index is 11.8. The third-order valence-electron chi connectivity index (χ3n) is 3.81. The first-order chi connectivity index (χ1) is 9.63. The van der Waals surface area contributed by atoms with Gasteiger partial charge in [-0.15, -0.1) is 0 Å².